The van der Waals surface area contributed by atoms with Crippen LogP contribution in [0.3, 0.4) is 0 Å². The van der Waals surface area contributed by atoms with Crippen LogP contribution < -0.4 is 10.6 Å². The van der Waals surface area contributed by atoms with E-state index >= 15 is 0 Å². The van der Waals surface area contributed by atoms with Crippen LogP contribution in [0.25, 0.3) is 11.0 Å². The predicted octanol–water partition coefficient (Wildman–Crippen LogP) is 0.0105. The fraction of sp³-hybridized carbons (Fsp3) is 0.500. The summed E-state index contributed by atoms with van der Waals surface area (Å²) in [4.78, 5) is 2.17. The molecule has 8 nitrogen and oxygen atoms in total. The lowest BCUT2D eigenvalue weighted by Gasteiger charge is -2.19. The molecular weight excluding hydrogens is 294 g/mol. The van der Waals surface area contributed by atoms with E-state index in [0.717, 1.165) is 23.0 Å². The summed E-state index contributed by atoms with van der Waals surface area (Å²) in [5.74, 6) is 0. The maximum absolute atomic E-state index is 12.3. The van der Waals surface area contributed by atoms with E-state index in [4.69, 9.17) is 10.4 Å². The van der Waals surface area contributed by atoms with Gasteiger partial charge >= 0.3 is 0 Å². The van der Waals surface area contributed by atoms with Gasteiger partial charge in [0.05, 0.1) is 5.69 Å². The summed E-state index contributed by atoms with van der Waals surface area (Å²) in [6.07, 6.45) is 0.893. The SMILES string of the molecule is CN(C)S(=O)(=O)c1ccc(N2CC[C@H](N)C2)c2nonc12. The van der Waals surface area contributed by atoms with Gasteiger partial charge in [0.25, 0.3) is 0 Å². The number of aromatic nitrogens is 2. The van der Waals surface area contributed by atoms with E-state index in [1.807, 2.05) is 0 Å². The number of benzene rings is 1. The van der Waals surface area contributed by atoms with Gasteiger partial charge in [0.15, 0.2) is 11.0 Å². The Morgan fingerprint density at radius 3 is 2.67 bits per heavy atom. The summed E-state index contributed by atoms with van der Waals surface area (Å²) in [5.41, 5.74) is 7.42. The number of rotatable bonds is 3. The van der Waals surface area contributed by atoms with Gasteiger partial charge < -0.3 is 10.6 Å². The number of hydrogen-bond acceptors (Lipinski definition) is 7. The smallest absolute Gasteiger partial charge is 0.244 e. The van der Waals surface area contributed by atoms with E-state index in [-0.39, 0.29) is 16.5 Å². The molecule has 2 aromatic rings. The summed E-state index contributed by atoms with van der Waals surface area (Å²) >= 11 is 0. The number of sulfonamides is 1. The van der Waals surface area contributed by atoms with Gasteiger partial charge in [-0.2, -0.15) is 0 Å². The standard InChI is InChI=1S/C12H17N5O3S/c1-16(2)21(18,19)10-4-3-9(11-12(10)15-20-14-11)17-6-5-8(13)7-17/h3-4,8H,5-7,13H2,1-2H3/t8-/m0/s1. The van der Waals surface area contributed by atoms with Crippen molar-refractivity contribution >= 4 is 26.7 Å². The summed E-state index contributed by atoms with van der Waals surface area (Å²) in [7, 11) is -0.648. The van der Waals surface area contributed by atoms with Crippen LogP contribution in [0, 0.1) is 0 Å². The first-order valence-electron chi connectivity index (χ1n) is 6.59. The Kier molecular flexibility index (Phi) is 3.34. The highest BCUT2D eigenvalue weighted by Gasteiger charge is 2.27. The summed E-state index contributed by atoms with van der Waals surface area (Å²) < 4.78 is 30.5. The molecule has 1 atom stereocenters. The van der Waals surface area contributed by atoms with Gasteiger partial charge in [-0.15, -0.1) is 0 Å². The van der Waals surface area contributed by atoms with E-state index in [9.17, 15) is 8.42 Å². The van der Waals surface area contributed by atoms with Gasteiger partial charge in [-0.25, -0.2) is 17.4 Å². The van der Waals surface area contributed by atoms with E-state index in [0.29, 0.717) is 12.1 Å². The van der Waals surface area contributed by atoms with Gasteiger partial charge in [0, 0.05) is 33.2 Å². The normalized spacial score (nSPS) is 19.8. The van der Waals surface area contributed by atoms with Crippen molar-refractivity contribution in [3.63, 3.8) is 0 Å². The van der Waals surface area contributed by atoms with E-state index in [1.54, 1.807) is 12.1 Å². The Morgan fingerprint density at radius 1 is 1.33 bits per heavy atom. The van der Waals surface area contributed by atoms with Crippen molar-refractivity contribution < 1.29 is 13.0 Å². The molecule has 21 heavy (non-hydrogen) atoms. The first kappa shape index (κ1) is 14.2. The summed E-state index contributed by atoms with van der Waals surface area (Å²) in [6, 6.07) is 3.40. The van der Waals surface area contributed by atoms with E-state index in [2.05, 4.69) is 15.2 Å². The van der Waals surface area contributed by atoms with Crippen LogP contribution in [0.4, 0.5) is 5.69 Å². The highest BCUT2D eigenvalue weighted by molar-refractivity contribution is 7.89. The van der Waals surface area contributed by atoms with Crippen LogP contribution in [-0.2, 0) is 10.0 Å². The molecule has 0 amide bonds. The lowest BCUT2D eigenvalue weighted by Crippen LogP contribution is -2.27. The van der Waals surface area contributed by atoms with Crippen molar-refractivity contribution in [3.05, 3.63) is 12.1 Å². The fourth-order valence-corrected chi connectivity index (χ4v) is 3.51. The summed E-state index contributed by atoms with van der Waals surface area (Å²) in [6.45, 7) is 1.52. The molecule has 2 N–H and O–H groups in total. The van der Waals surface area contributed by atoms with Crippen molar-refractivity contribution in [2.45, 2.75) is 17.4 Å². The van der Waals surface area contributed by atoms with Crippen molar-refractivity contribution in [1.82, 2.24) is 14.6 Å². The van der Waals surface area contributed by atoms with Crippen LogP contribution in [0.15, 0.2) is 21.7 Å². The second-order valence-electron chi connectivity index (χ2n) is 5.33. The molecule has 1 aliphatic heterocycles. The third kappa shape index (κ3) is 2.27. The molecule has 0 bridgehead atoms. The van der Waals surface area contributed by atoms with Gasteiger partial charge in [-0.05, 0) is 28.9 Å². The van der Waals surface area contributed by atoms with Crippen LogP contribution >= 0.6 is 0 Å². The number of nitrogens with two attached hydrogens (primary N) is 1. The minimum atomic E-state index is -3.60. The fourth-order valence-electron chi connectivity index (χ4n) is 2.50. The first-order chi connectivity index (χ1) is 9.91. The molecule has 9 heteroatoms. The predicted molar refractivity (Wildman–Crippen MR) is 77.5 cm³/mol. The van der Waals surface area contributed by atoms with Crippen LogP contribution in [0.2, 0.25) is 0 Å². The van der Waals surface area contributed by atoms with Crippen molar-refractivity contribution in [1.29, 1.82) is 0 Å². The molecule has 0 saturated carbocycles. The molecule has 0 spiro atoms. The number of hydrogen-bond donors (Lipinski definition) is 1. The lowest BCUT2D eigenvalue weighted by atomic mass is 10.2. The maximum atomic E-state index is 12.3. The highest BCUT2D eigenvalue weighted by Crippen LogP contribution is 2.31. The first-order valence-corrected chi connectivity index (χ1v) is 8.03. The molecule has 114 valence electrons. The lowest BCUT2D eigenvalue weighted by molar-refractivity contribution is 0.315. The second-order valence-corrected chi connectivity index (χ2v) is 7.45. The molecule has 1 aromatic carbocycles. The Morgan fingerprint density at radius 2 is 2.05 bits per heavy atom. The second kappa shape index (κ2) is 4.93. The number of nitrogens with zero attached hydrogens (tertiary/aromatic N) is 4. The van der Waals surface area contributed by atoms with Gasteiger partial charge in [0.2, 0.25) is 10.0 Å². The van der Waals surface area contributed by atoms with Gasteiger partial charge in [-0.3, -0.25) is 0 Å². The molecule has 0 unspecified atom stereocenters. The monoisotopic (exact) mass is 311 g/mol. The van der Waals surface area contributed by atoms with Crippen molar-refractivity contribution in [3.8, 4) is 0 Å². The molecule has 0 radical (unpaired) electrons. The zero-order chi connectivity index (χ0) is 15.2. The number of anilines is 1. The van der Waals surface area contributed by atoms with E-state index < -0.39 is 10.0 Å². The average Bonchev–Trinajstić information content (AvgIpc) is 3.05. The molecule has 1 aliphatic rings. The molecule has 0 aliphatic carbocycles. The third-order valence-electron chi connectivity index (χ3n) is 3.68. The Labute approximate surface area is 122 Å². The zero-order valence-corrected chi connectivity index (χ0v) is 12.7. The van der Waals surface area contributed by atoms with E-state index in [1.165, 1.54) is 14.1 Å². The maximum Gasteiger partial charge on any atom is 0.244 e. The molecule has 1 saturated heterocycles. The van der Waals surface area contributed by atoms with Crippen LogP contribution in [0.1, 0.15) is 6.42 Å². The third-order valence-corrected chi connectivity index (χ3v) is 5.53. The average molecular weight is 311 g/mol. The van der Waals surface area contributed by atoms with Crippen molar-refractivity contribution in [2.75, 3.05) is 32.1 Å². The Balaban J connectivity index is 2.14. The minimum absolute atomic E-state index is 0.0935. The molecule has 1 aromatic heterocycles. The largest absolute Gasteiger partial charge is 0.368 e. The van der Waals surface area contributed by atoms with Crippen LogP contribution in [0.5, 0.6) is 0 Å². The van der Waals surface area contributed by atoms with Gasteiger partial charge in [0.1, 0.15) is 4.90 Å². The van der Waals surface area contributed by atoms with Crippen molar-refractivity contribution in [2.24, 2.45) is 5.73 Å². The Bertz CT molecular complexity index is 770. The molecule has 1 fully saturated rings. The van der Waals surface area contributed by atoms with Gasteiger partial charge in [-0.1, -0.05) is 0 Å². The topological polar surface area (TPSA) is 106 Å². The minimum Gasteiger partial charge on any atom is -0.368 e. The summed E-state index contributed by atoms with van der Waals surface area (Å²) in [5, 5.41) is 7.64. The quantitative estimate of drug-likeness (QED) is 0.851. The highest BCUT2D eigenvalue weighted by atomic mass is 32.2. The zero-order valence-electron chi connectivity index (χ0n) is 11.9. The number of fused-ring (bicyclic) bond motifs is 1. The molecule has 3 rings (SSSR count). The molecular formula is C12H17N5O3S. The van der Waals surface area contributed by atoms with Crippen LogP contribution in [-0.4, -0.2) is 56.3 Å². The Hall–Kier alpha value is -1.71. The molecule has 2 heterocycles.